The summed E-state index contributed by atoms with van der Waals surface area (Å²) in [6.07, 6.45) is 5.61. The van der Waals surface area contributed by atoms with E-state index < -0.39 is 0 Å². The first kappa shape index (κ1) is 14.9. The summed E-state index contributed by atoms with van der Waals surface area (Å²) >= 11 is 6.10. The number of nitrogens with zero attached hydrogens (tertiary/aromatic N) is 3. The molecule has 22 heavy (non-hydrogen) atoms. The van der Waals surface area contributed by atoms with Crippen molar-refractivity contribution in [1.29, 1.82) is 0 Å². The van der Waals surface area contributed by atoms with Gasteiger partial charge < -0.3 is 9.88 Å². The third kappa shape index (κ3) is 3.22. The van der Waals surface area contributed by atoms with Gasteiger partial charge in [-0.05, 0) is 30.2 Å². The van der Waals surface area contributed by atoms with Crippen molar-refractivity contribution in [2.75, 3.05) is 5.32 Å². The number of hydrogen-bond donors (Lipinski definition) is 1. The average molecular weight is 315 g/mol. The maximum absolute atomic E-state index is 6.10. The van der Waals surface area contributed by atoms with Crippen LogP contribution >= 0.6 is 11.6 Å². The average Bonchev–Trinajstić information content (AvgIpc) is 2.91. The summed E-state index contributed by atoms with van der Waals surface area (Å²) in [7, 11) is 0. The molecule has 0 saturated carbocycles. The van der Waals surface area contributed by atoms with E-state index in [1.54, 1.807) is 0 Å². The second-order valence-electron chi connectivity index (χ2n) is 5.80. The lowest BCUT2D eigenvalue weighted by atomic mass is 10.2. The van der Waals surface area contributed by atoms with Crippen LogP contribution in [0.3, 0.4) is 0 Å². The van der Waals surface area contributed by atoms with Gasteiger partial charge in [-0.15, -0.1) is 0 Å². The Balaban J connectivity index is 1.82. The van der Waals surface area contributed by atoms with Crippen molar-refractivity contribution in [1.82, 2.24) is 14.5 Å². The summed E-state index contributed by atoms with van der Waals surface area (Å²) in [5, 5.41) is 5.22. The van der Waals surface area contributed by atoms with Crippen molar-refractivity contribution in [3.05, 3.63) is 53.7 Å². The molecule has 3 rings (SSSR count). The smallest absolute Gasteiger partial charge is 0.0948 e. The molecule has 0 fully saturated rings. The maximum atomic E-state index is 6.10. The van der Waals surface area contributed by atoms with Gasteiger partial charge in [0.1, 0.15) is 0 Å². The van der Waals surface area contributed by atoms with Crippen molar-refractivity contribution in [3.8, 4) is 0 Å². The van der Waals surface area contributed by atoms with Gasteiger partial charge in [0, 0.05) is 35.0 Å². The van der Waals surface area contributed by atoms with Gasteiger partial charge in [-0.2, -0.15) is 0 Å². The zero-order valence-corrected chi connectivity index (χ0v) is 13.5. The lowest BCUT2D eigenvalue weighted by molar-refractivity contribution is 0.511. The Kier molecular flexibility index (Phi) is 4.29. The number of benzene rings is 1. The first-order chi connectivity index (χ1) is 10.6. The van der Waals surface area contributed by atoms with Crippen LogP contribution in [0.2, 0.25) is 5.02 Å². The normalized spacial score (nSPS) is 11.3. The van der Waals surface area contributed by atoms with Crippen LogP contribution in [0.25, 0.3) is 10.9 Å². The highest BCUT2D eigenvalue weighted by Gasteiger charge is 2.06. The fourth-order valence-electron chi connectivity index (χ4n) is 2.51. The molecule has 0 aliphatic rings. The molecule has 0 aliphatic heterocycles. The van der Waals surface area contributed by atoms with Gasteiger partial charge in [0.2, 0.25) is 0 Å². The number of nitrogens with one attached hydrogen (secondary N) is 1. The zero-order valence-electron chi connectivity index (χ0n) is 12.8. The fraction of sp³-hybridized carbons (Fsp3) is 0.294. The van der Waals surface area contributed by atoms with Crippen LogP contribution < -0.4 is 5.32 Å². The highest BCUT2D eigenvalue weighted by Crippen LogP contribution is 2.25. The summed E-state index contributed by atoms with van der Waals surface area (Å²) in [4.78, 5) is 8.62. The summed E-state index contributed by atoms with van der Waals surface area (Å²) in [6, 6.07) is 7.71. The Morgan fingerprint density at radius 3 is 2.95 bits per heavy atom. The lowest BCUT2D eigenvalue weighted by Crippen LogP contribution is -2.10. The van der Waals surface area contributed by atoms with Gasteiger partial charge in [-0.3, -0.25) is 4.98 Å². The second-order valence-corrected chi connectivity index (χ2v) is 6.24. The third-order valence-corrected chi connectivity index (χ3v) is 3.76. The molecule has 5 heteroatoms. The Labute approximate surface area is 135 Å². The van der Waals surface area contributed by atoms with Crippen LogP contribution in [0.1, 0.15) is 19.5 Å². The lowest BCUT2D eigenvalue weighted by Gasteiger charge is -2.13. The van der Waals surface area contributed by atoms with E-state index in [9.17, 15) is 0 Å². The van der Waals surface area contributed by atoms with E-state index in [0.717, 1.165) is 29.7 Å². The number of hydrogen-bond acceptors (Lipinski definition) is 3. The SMILES string of the molecule is CC(C)Cn1cncc1CNc1ccnc2ccc(Cl)cc12. The molecule has 2 heterocycles. The Morgan fingerprint density at radius 2 is 2.14 bits per heavy atom. The molecule has 0 amide bonds. The molecule has 0 unspecified atom stereocenters. The number of halogens is 1. The van der Waals surface area contributed by atoms with E-state index in [4.69, 9.17) is 11.6 Å². The van der Waals surface area contributed by atoms with Gasteiger partial charge in [-0.25, -0.2) is 4.98 Å². The van der Waals surface area contributed by atoms with Crippen molar-refractivity contribution in [2.45, 2.75) is 26.9 Å². The van der Waals surface area contributed by atoms with Crippen LogP contribution in [0.15, 0.2) is 43.0 Å². The van der Waals surface area contributed by atoms with Crippen LogP contribution in [-0.4, -0.2) is 14.5 Å². The van der Waals surface area contributed by atoms with Crippen molar-refractivity contribution in [2.24, 2.45) is 5.92 Å². The molecule has 114 valence electrons. The molecule has 0 atom stereocenters. The maximum Gasteiger partial charge on any atom is 0.0948 e. The summed E-state index contributed by atoms with van der Waals surface area (Å²) in [5.74, 6) is 0.591. The van der Waals surface area contributed by atoms with Gasteiger partial charge in [0.05, 0.1) is 24.1 Å². The Morgan fingerprint density at radius 1 is 1.27 bits per heavy atom. The van der Waals surface area contributed by atoms with E-state index in [1.165, 1.54) is 5.69 Å². The Hall–Kier alpha value is -2.07. The molecule has 0 saturated heterocycles. The summed E-state index contributed by atoms with van der Waals surface area (Å²) in [5.41, 5.74) is 3.13. The third-order valence-electron chi connectivity index (χ3n) is 3.52. The van der Waals surface area contributed by atoms with Gasteiger partial charge in [0.25, 0.3) is 0 Å². The van der Waals surface area contributed by atoms with Crippen molar-refractivity contribution in [3.63, 3.8) is 0 Å². The van der Waals surface area contributed by atoms with Crippen LogP contribution in [0, 0.1) is 5.92 Å². The molecule has 1 aromatic carbocycles. The van der Waals surface area contributed by atoms with E-state index in [0.29, 0.717) is 10.9 Å². The first-order valence-electron chi connectivity index (χ1n) is 7.40. The molecule has 2 aromatic heterocycles. The molecule has 0 bridgehead atoms. The quantitative estimate of drug-likeness (QED) is 0.761. The van der Waals surface area contributed by atoms with E-state index in [1.807, 2.05) is 43.0 Å². The van der Waals surface area contributed by atoms with Gasteiger partial charge >= 0.3 is 0 Å². The number of anilines is 1. The van der Waals surface area contributed by atoms with Gasteiger partial charge in [-0.1, -0.05) is 25.4 Å². The molecular formula is C17H19ClN4. The topological polar surface area (TPSA) is 42.7 Å². The molecule has 3 aromatic rings. The number of rotatable bonds is 5. The van der Waals surface area contributed by atoms with E-state index in [2.05, 4.69) is 33.7 Å². The molecule has 0 aliphatic carbocycles. The van der Waals surface area contributed by atoms with Crippen LogP contribution in [-0.2, 0) is 13.1 Å². The Bertz CT molecular complexity index is 779. The van der Waals surface area contributed by atoms with Crippen molar-refractivity contribution < 1.29 is 0 Å². The first-order valence-corrected chi connectivity index (χ1v) is 7.78. The predicted molar refractivity (Wildman–Crippen MR) is 91.1 cm³/mol. The highest BCUT2D eigenvalue weighted by atomic mass is 35.5. The highest BCUT2D eigenvalue weighted by molar-refractivity contribution is 6.31. The monoisotopic (exact) mass is 314 g/mol. The molecule has 1 N–H and O–H groups in total. The summed E-state index contributed by atoms with van der Waals surface area (Å²) < 4.78 is 2.19. The fourth-order valence-corrected chi connectivity index (χ4v) is 2.68. The molecular weight excluding hydrogens is 296 g/mol. The van der Waals surface area contributed by atoms with Crippen LogP contribution in [0.4, 0.5) is 5.69 Å². The minimum atomic E-state index is 0.591. The molecule has 0 spiro atoms. The number of aromatic nitrogens is 3. The number of imidazole rings is 1. The molecule has 4 nitrogen and oxygen atoms in total. The number of pyridine rings is 1. The van der Waals surface area contributed by atoms with Crippen LogP contribution in [0.5, 0.6) is 0 Å². The van der Waals surface area contributed by atoms with Gasteiger partial charge in [0.15, 0.2) is 0 Å². The summed E-state index contributed by atoms with van der Waals surface area (Å²) in [6.45, 7) is 6.10. The minimum Gasteiger partial charge on any atom is -0.379 e. The minimum absolute atomic E-state index is 0.591. The predicted octanol–water partition coefficient (Wildman–Crippen LogP) is 4.35. The zero-order chi connectivity index (χ0) is 15.5. The van der Waals surface area contributed by atoms with E-state index >= 15 is 0 Å². The molecule has 0 radical (unpaired) electrons. The van der Waals surface area contributed by atoms with E-state index in [-0.39, 0.29) is 0 Å². The standard InChI is InChI=1S/C17H19ClN4/c1-12(2)10-22-11-19-8-14(22)9-21-17-5-6-20-16-4-3-13(18)7-15(16)17/h3-8,11-12H,9-10H2,1-2H3,(H,20,21). The second kappa shape index (κ2) is 6.36. The largest absolute Gasteiger partial charge is 0.379 e. The number of fused-ring (bicyclic) bond motifs is 1. The van der Waals surface area contributed by atoms with Crippen molar-refractivity contribution >= 4 is 28.2 Å².